The van der Waals surface area contributed by atoms with Gasteiger partial charge in [0.05, 0.1) is 11.6 Å². The smallest absolute Gasteiger partial charge is 0.0705 e. The van der Waals surface area contributed by atoms with Crippen LogP contribution in [0.25, 0.3) is 10.9 Å². The number of fused-ring (bicyclic) bond motifs is 1. The Kier molecular flexibility index (Phi) is 3.95. The summed E-state index contributed by atoms with van der Waals surface area (Å²) in [6, 6.07) is 18.7. The summed E-state index contributed by atoms with van der Waals surface area (Å²) in [4.78, 5) is 4.41. The molecule has 1 heterocycles. The maximum atomic E-state index is 5.82. The second-order valence-corrected chi connectivity index (χ2v) is 5.27. The number of nitrogens with one attached hydrogen (secondary N) is 1. The molecule has 0 aliphatic heterocycles. The molecule has 3 rings (SSSR count). The van der Waals surface area contributed by atoms with Crippen LogP contribution in [0.4, 0.5) is 0 Å². The van der Waals surface area contributed by atoms with Gasteiger partial charge in [0, 0.05) is 11.6 Å². The maximum Gasteiger partial charge on any atom is 0.0705 e. The van der Waals surface area contributed by atoms with Crippen molar-refractivity contribution in [1.29, 1.82) is 0 Å². The van der Waals surface area contributed by atoms with Crippen molar-refractivity contribution in [1.82, 2.24) is 10.4 Å². The number of aromatic nitrogens is 1. The third kappa shape index (κ3) is 2.79. The molecule has 21 heavy (non-hydrogen) atoms. The zero-order valence-electron chi connectivity index (χ0n) is 12.1. The maximum absolute atomic E-state index is 5.82. The quantitative estimate of drug-likeness (QED) is 0.568. The number of para-hydroxylation sites is 1. The molecular formula is C18H19N3. The lowest BCUT2D eigenvalue weighted by atomic mass is 9.94. The van der Waals surface area contributed by atoms with Gasteiger partial charge in [0.2, 0.25) is 0 Å². The zero-order valence-corrected chi connectivity index (χ0v) is 12.1. The average Bonchev–Trinajstić information content (AvgIpc) is 2.54. The molecule has 2 aromatic carbocycles. The standard InChI is InChI=1S/C18H19N3/c1-13-6-2-3-7-14(13)12-18(21-19)16-10-11-20-17-9-5-4-8-15(16)17/h2-11,18,21H,12,19H2,1H3. The summed E-state index contributed by atoms with van der Waals surface area (Å²) < 4.78 is 0. The first kappa shape index (κ1) is 13.7. The first-order valence-electron chi connectivity index (χ1n) is 7.14. The molecule has 1 unspecified atom stereocenters. The summed E-state index contributed by atoms with van der Waals surface area (Å²) in [5.74, 6) is 5.82. The zero-order chi connectivity index (χ0) is 14.7. The van der Waals surface area contributed by atoms with Gasteiger partial charge in [0.25, 0.3) is 0 Å². The molecule has 0 fully saturated rings. The molecule has 1 aromatic heterocycles. The number of hydrazine groups is 1. The summed E-state index contributed by atoms with van der Waals surface area (Å²) in [6.45, 7) is 2.13. The van der Waals surface area contributed by atoms with Crippen LogP contribution in [-0.4, -0.2) is 4.98 Å². The van der Waals surface area contributed by atoms with E-state index in [0.717, 1.165) is 17.3 Å². The highest BCUT2D eigenvalue weighted by atomic mass is 15.2. The van der Waals surface area contributed by atoms with E-state index < -0.39 is 0 Å². The van der Waals surface area contributed by atoms with Crippen molar-refractivity contribution >= 4 is 10.9 Å². The molecule has 0 radical (unpaired) electrons. The van der Waals surface area contributed by atoms with E-state index in [4.69, 9.17) is 5.84 Å². The van der Waals surface area contributed by atoms with E-state index in [9.17, 15) is 0 Å². The Balaban J connectivity index is 2.01. The van der Waals surface area contributed by atoms with E-state index in [1.165, 1.54) is 16.7 Å². The Labute approximate surface area is 124 Å². The fourth-order valence-electron chi connectivity index (χ4n) is 2.74. The number of pyridine rings is 1. The Morgan fingerprint density at radius 2 is 1.81 bits per heavy atom. The number of nitrogens with two attached hydrogens (primary N) is 1. The number of benzene rings is 2. The third-order valence-electron chi connectivity index (χ3n) is 3.94. The van der Waals surface area contributed by atoms with Crippen molar-refractivity contribution in [3.8, 4) is 0 Å². The Morgan fingerprint density at radius 3 is 2.62 bits per heavy atom. The van der Waals surface area contributed by atoms with Crippen LogP contribution in [0.15, 0.2) is 60.8 Å². The van der Waals surface area contributed by atoms with E-state index in [0.29, 0.717) is 0 Å². The van der Waals surface area contributed by atoms with Crippen LogP contribution in [-0.2, 0) is 6.42 Å². The number of nitrogens with zero attached hydrogens (tertiary/aromatic N) is 1. The molecule has 1 atom stereocenters. The van der Waals surface area contributed by atoms with Crippen molar-refractivity contribution in [3.05, 3.63) is 77.5 Å². The van der Waals surface area contributed by atoms with Crippen LogP contribution in [0.1, 0.15) is 22.7 Å². The largest absolute Gasteiger partial charge is 0.271 e. The SMILES string of the molecule is Cc1ccccc1CC(NN)c1ccnc2ccccc12. The molecule has 3 heteroatoms. The van der Waals surface area contributed by atoms with Crippen molar-refractivity contribution in [2.24, 2.45) is 5.84 Å². The molecule has 0 aliphatic rings. The van der Waals surface area contributed by atoms with Crippen LogP contribution in [0.2, 0.25) is 0 Å². The van der Waals surface area contributed by atoms with Crippen LogP contribution >= 0.6 is 0 Å². The summed E-state index contributed by atoms with van der Waals surface area (Å²) in [6.07, 6.45) is 2.71. The molecule has 106 valence electrons. The molecule has 3 aromatic rings. The predicted molar refractivity (Wildman–Crippen MR) is 86.7 cm³/mol. The van der Waals surface area contributed by atoms with Gasteiger partial charge in [-0.15, -0.1) is 0 Å². The van der Waals surface area contributed by atoms with Gasteiger partial charge < -0.3 is 0 Å². The number of rotatable bonds is 4. The van der Waals surface area contributed by atoms with Gasteiger partial charge in [0.1, 0.15) is 0 Å². The Hall–Kier alpha value is -2.23. The summed E-state index contributed by atoms with van der Waals surface area (Å²) in [7, 11) is 0. The van der Waals surface area contributed by atoms with E-state index in [-0.39, 0.29) is 6.04 Å². The normalized spacial score (nSPS) is 12.5. The van der Waals surface area contributed by atoms with E-state index in [1.54, 1.807) is 0 Å². The number of aryl methyl sites for hydroxylation is 1. The fourth-order valence-corrected chi connectivity index (χ4v) is 2.74. The van der Waals surface area contributed by atoms with Gasteiger partial charge in [-0.1, -0.05) is 42.5 Å². The Morgan fingerprint density at radius 1 is 1.05 bits per heavy atom. The molecule has 0 saturated heterocycles. The van der Waals surface area contributed by atoms with Crippen LogP contribution in [0.5, 0.6) is 0 Å². The minimum absolute atomic E-state index is 0.0685. The van der Waals surface area contributed by atoms with E-state index in [2.05, 4.69) is 47.7 Å². The van der Waals surface area contributed by atoms with Crippen molar-refractivity contribution in [2.45, 2.75) is 19.4 Å². The molecule has 3 nitrogen and oxygen atoms in total. The van der Waals surface area contributed by atoms with Gasteiger partial charge in [-0.2, -0.15) is 0 Å². The lowest BCUT2D eigenvalue weighted by molar-refractivity contribution is 0.554. The van der Waals surface area contributed by atoms with Gasteiger partial charge in [0.15, 0.2) is 0 Å². The average molecular weight is 277 g/mol. The predicted octanol–water partition coefficient (Wildman–Crippen LogP) is 3.29. The number of hydrogen-bond acceptors (Lipinski definition) is 3. The van der Waals surface area contributed by atoms with Gasteiger partial charge >= 0.3 is 0 Å². The highest BCUT2D eigenvalue weighted by molar-refractivity contribution is 5.82. The first-order chi connectivity index (χ1) is 10.3. The second-order valence-electron chi connectivity index (χ2n) is 5.27. The minimum Gasteiger partial charge on any atom is -0.271 e. The van der Waals surface area contributed by atoms with Crippen LogP contribution in [0.3, 0.4) is 0 Å². The summed E-state index contributed by atoms with van der Waals surface area (Å²) >= 11 is 0. The highest BCUT2D eigenvalue weighted by Gasteiger charge is 2.14. The highest BCUT2D eigenvalue weighted by Crippen LogP contribution is 2.25. The lowest BCUT2D eigenvalue weighted by Gasteiger charge is -2.19. The Bertz CT molecular complexity index is 747. The van der Waals surface area contributed by atoms with Gasteiger partial charge in [-0.25, -0.2) is 0 Å². The van der Waals surface area contributed by atoms with Crippen LogP contribution < -0.4 is 11.3 Å². The first-order valence-corrected chi connectivity index (χ1v) is 7.14. The topological polar surface area (TPSA) is 50.9 Å². The molecule has 0 bridgehead atoms. The van der Waals surface area contributed by atoms with Crippen molar-refractivity contribution in [3.63, 3.8) is 0 Å². The third-order valence-corrected chi connectivity index (χ3v) is 3.94. The summed E-state index contributed by atoms with van der Waals surface area (Å²) in [5, 5.41) is 1.15. The lowest BCUT2D eigenvalue weighted by Crippen LogP contribution is -2.30. The molecule has 0 saturated carbocycles. The van der Waals surface area contributed by atoms with Crippen molar-refractivity contribution < 1.29 is 0 Å². The molecule has 0 aliphatic carbocycles. The monoisotopic (exact) mass is 277 g/mol. The summed E-state index contributed by atoms with van der Waals surface area (Å²) in [5.41, 5.74) is 7.74. The van der Waals surface area contributed by atoms with Crippen LogP contribution in [0, 0.1) is 6.92 Å². The molecule has 0 spiro atoms. The van der Waals surface area contributed by atoms with E-state index in [1.807, 2.05) is 30.5 Å². The molecular weight excluding hydrogens is 258 g/mol. The minimum atomic E-state index is 0.0685. The van der Waals surface area contributed by atoms with Crippen molar-refractivity contribution in [2.75, 3.05) is 0 Å². The van der Waals surface area contributed by atoms with E-state index >= 15 is 0 Å². The molecule has 3 N–H and O–H groups in total. The second kappa shape index (κ2) is 6.04. The number of hydrogen-bond donors (Lipinski definition) is 2. The molecule has 0 amide bonds. The van der Waals surface area contributed by atoms with Gasteiger partial charge in [-0.3, -0.25) is 16.3 Å². The fraction of sp³-hybridized carbons (Fsp3) is 0.167. The van der Waals surface area contributed by atoms with Gasteiger partial charge in [-0.05, 0) is 42.2 Å².